The van der Waals surface area contributed by atoms with Crippen LogP contribution in [0.4, 0.5) is 4.39 Å². The van der Waals surface area contributed by atoms with E-state index < -0.39 is 17.1 Å². The highest BCUT2D eigenvalue weighted by atomic mass is 35.5. The number of aromatic amines is 1. The maximum atomic E-state index is 13.8. The average molecular weight is 281 g/mol. The predicted molar refractivity (Wildman–Crippen MR) is 70.0 cm³/mol. The number of halogens is 2. The van der Waals surface area contributed by atoms with Gasteiger partial charge in [0.05, 0.1) is 5.56 Å². The lowest BCUT2D eigenvalue weighted by molar-refractivity contribution is 0.627. The summed E-state index contributed by atoms with van der Waals surface area (Å²) in [5, 5.41) is -0.128. The summed E-state index contributed by atoms with van der Waals surface area (Å²) in [7, 11) is 0. The summed E-state index contributed by atoms with van der Waals surface area (Å²) in [6.45, 7) is 0. The standard InChI is InChI=1S/C13H10ClFN2O2/c14-11-10(8-3-1-2-4-9(8)15)12(18)17(7-5-6-7)13(19)16-11/h1-4,7H,5-6H2,(H,16,19). The molecule has 1 aliphatic carbocycles. The van der Waals surface area contributed by atoms with Gasteiger partial charge in [0, 0.05) is 11.6 Å². The molecule has 3 rings (SSSR count). The summed E-state index contributed by atoms with van der Waals surface area (Å²) in [5.41, 5.74) is -0.978. The van der Waals surface area contributed by atoms with Gasteiger partial charge >= 0.3 is 5.69 Å². The average Bonchev–Trinajstić information content (AvgIpc) is 3.15. The first-order valence-corrected chi connectivity index (χ1v) is 6.26. The van der Waals surface area contributed by atoms with Gasteiger partial charge in [0.2, 0.25) is 0 Å². The van der Waals surface area contributed by atoms with E-state index in [4.69, 9.17) is 11.6 Å². The van der Waals surface area contributed by atoms with Gasteiger partial charge in [0.15, 0.2) is 0 Å². The van der Waals surface area contributed by atoms with E-state index in [1.54, 1.807) is 6.07 Å². The molecule has 98 valence electrons. The molecule has 1 fully saturated rings. The van der Waals surface area contributed by atoms with Gasteiger partial charge in [-0.3, -0.25) is 14.3 Å². The minimum absolute atomic E-state index is 0.00580. The molecule has 1 aromatic heterocycles. The molecular weight excluding hydrogens is 271 g/mol. The minimum Gasteiger partial charge on any atom is -0.297 e. The summed E-state index contributed by atoms with van der Waals surface area (Å²) in [4.78, 5) is 26.5. The van der Waals surface area contributed by atoms with Gasteiger partial charge in [0.1, 0.15) is 11.0 Å². The normalized spacial score (nSPS) is 14.6. The first-order chi connectivity index (χ1) is 9.09. The zero-order chi connectivity index (χ0) is 13.6. The highest BCUT2D eigenvalue weighted by Gasteiger charge is 2.29. The van der Waals surface area contributed by atoms with Crippen LogP contribution in [0.2, 0.25) is 5.15 Å². The fraction of sp³-hybridized carbons (Fsp3) is 0.231. The van der Waals surface area contributed by atoms with Gasteiger partial charge in [-0.15, -0.1) is 0 Å². The van der Waals surface area contributed by atoms with Gasteiger partial charge < -0.3 is 0 Å². The van der Waals surface area contributed by atoms with E-state index in [1.807, 2.05) is 0 Å². The summed E-state index contributed by atoms with van der Waals surface area (Å²) in [5.74, 6) is -0.545. The van der Waals surface area contributed by atoms with Crippen molar-refractivity contribution in [2.75, 3.05) is 0 Å². The van der Waals surface area contributed by atoms with Crippen LogP contribution in [0, 0.1) is 5.82 Å². The lowest BCUT2D eigenvalue weighted by Crippen LogP contribution is -2.35. The fourth-order valence-corrected chi connectivity index (χ4v) is 2.35. The Bertz CT molecular complexity index is 762. The lowest BCUT2D eigenvalue weighted by atomic mass is 10.1. The number of benzene rings is 1. The molecule has 2 aromatic rings. The van der Waals surface area contributed by atoms with E-state index in [0.29, 0.717) is 0 Å². The zero-order valence-electron chi connectivity index (χ0n) is 9.82. The Labute approximate surface area is 112 Å². The van der Waals surface area contributed by atoms with Gasteiger partial charge in [-0.25, -0.2) is 9.18 Å². The van der Waals surface area contributed by atoms with Gasteiger partial charge in [0.25, 0.3) is 5.56 Å². The molecule has 0 unspecified atom stereocenters. The molecule has 6 heteroatoms. The first-order valence-electron chi connectivity index (χ1n) is 5.89. The van der Waals surface area contributed by atoms with Crippen LogP contribution in [-0.2, 0) is 0 Å². The monoisotopic (exact) mass is 280 g/mol. The molecule has 1 N–H and O–H groups in total. The van der Waals surface area contributed by atoms with Crippen molar-refractivity contribution >= 4 is 11.6 Å². The number of nitrogens with one attached hydrogen (secondary N) is 1. The topological polar surface area (TPSA) is 54.9 Å². The van der Waals surface area contributed by atoms with Crippen molar-refractivity contribution < 1.29 is 4.39 Å². The van der Waals surface area contributed by atoms with E-state index in [-0.39, 0.29) is 22.3 Å². The third kappa shape index (κ3) is 2.00. The highest BCUT2D eigenvalue weighted by molar-refractivity contribution is 6.32. The summed E-state index contributed by atoms with van der Waals surface area (Å²) >= 11 is 5.90. The minimum atomic E-state index is -0.545. The highest BCUT2D eigenvalue weighted by Crippen LogP contribution is 2.33. The van der Waals surface area contributed by atoms with Gasteiger partial charge in [-0.1, -0.05) is 29.8 Å². The molecule has 1 heterocycles. The second kappa shape index (κ2) is 4.35. The molecular formula is C13H10ClFN2O2. The lowest BCUT2D eigenvalue weighted by Gasteiger charge is -2.08. The van der Waals surface area contributed by atoms with Crippen LogP contribution in [0.3, 0.4) is 0 Å². The van der Waals surface area contributed by atoms with Crippen molar-refractivity contribution in [3.8, 4) is 11.1 Å². The van der Waals surface area contributed by atoms with Crippen molar-refractivity contribution in [3.63, 3.8) is 0 Å². The number of hydrogen-bond acceptors (Lipinski definition) is 2. The van der Waals surface area contributed by atoms with E-state index in [1.165, 1.54) is 18.2 Å². The molecule has 4 nitrogen and oxygen atoms in total. The van der Waals surface area contributed by atoms with E-state index in [0.717, 1.165) is 17.4 Å². The molecule has 0 atom stereocenters. The summed E-state index contributed by atoms with van der Waals surface area (Å²) in [6, 6.07) is 5.75. The van der Waals surface area contributed by atoms with E-state index in [2.05, 4.69) is 4.98 Å². The van der Waals surface area contributed by atoms with Crippen molar-refractivity contribution in [2.24, 2.45) is 0 Å². The van der Waals surface area contributed by atoms with Crippen LogP contribution >= 0.6 is 11.6 Å². The molecule has 0 spiro atoms. The molecule has 0 amide bonds. The maximum Gasteiger partial charge on any atom is 0.329 e. The van der Waals surface area contributed by atoms with Crippen LogP contribution in [0.25, 0.3) is 11.1 Å². The largest absolute Gasteiger partial charge is 0.329 e. The smallest absolute Gasteiger partial charge is 0.297 e. The molecule has 0 bridgehead atoms. The van der Waals surface area contributed by atoms with E-state index >= 15 is 0 Å². The zero-order valence-corrected chi connectivity index (χ0v) is 10.6. The quantitative estimate of drug-likeness (QED) is 0.859. The maximum absolute atomic E-state index is 13.8. The molecule has 1 saturated carbocycles. The first kappa shape index (κ1) is 12.2. The number of H-pyrrole nitrogens is 1. The number of rotatable bonds is 2. The Kier molecular flexibility index (Phi) is 2.78. The molecule has 1 aromatic carbocycles. The van der Waals surface area contributed by atoms with Crippen LogP contribution < -0.4 is 11.2 Å². The molecule has 0 saturated heterocycles. The molecule has 1 aliphatic rings. The number of aromatic nitrogens is 2. The SMILES string of the molecule is O=c1[nH]c(Cl)c(-c2ccccc2F)c(=O)n1C1CC1. The van der Waals surface area contributed by atoms with Crippen LogP contribution in [-0.4, -0.2) is 9.55 Å². The van der Waals surface area contributed by atoms with Crippen LogP contribution in [0.5, 0.6) is 0 Å². The van der Waals surface area contributed by atoms with E-state index in [9.17, 15) is 14.0 Å². The molecule has 19 heavy (non-hydrogen) atoms. The Balaban J connectivity index is 2.33. The third-order valence-corrected chi connectivity index (χ3v) is 3.43. The van der Waals surface area contributed by atoms with Gasteiger partial charge in [-0.05, 0) is 18.9 Å². The Morgan fingerprint density at radius 2 is 1.95 bits per heavy atom. The second-order valence-electron chi connectivity index (χ2n) is 4.51. The van der Waals surface area contributed by atoms with Crippen molar-refractivity contribution in [3.05, 3.63) is 56.1 Å². The summed E-state index contributed by atoms with van der Waals surface area (Å²) in [6.07, 6.45) is 1.56. The molecule has 0 aliphatic heterocycles. The van der Waals surface area contributed by atoms with Gasteiger partial charge in [-0.2, -0.15) is 0 Å². The third-order valence-electron chi connectivity index (χ3n) is 3.14. The van der Waals surface area contributed by atoms with Crippen molar-refractivity contribution in [1.29, 1.82) is 0 Å². The molecule has 0 radical (unpaired) electrons. The Morgan fingerprint density at radius 3 is 2.58 bits per heavy atom. The van der Waals surface area contributed by atoms with Crippen molar-refractivity contribution in [2.45, 2.75) is 18.9 Å². The van der Waals surface area contributed by atoms with Crippen LogP contribution in [0.1, 0.15) is 18.9 Å². The summed E-state index contributed by atoms with van der Waals surface area (Å²) < 4.78 is 14.9. The number of nitrogens with zero attached hydrogens (tertiary/aromatic N) is 1. The Hall–Kier alpha value is -1.88. The fourth-order valence-electron chi connectivity index (χ4n) is 2.08. The predicted octanol–water partition coefficient (Wildman–Crippen LogP) is 2.33. The van der Waals surface area contributed by atoms with Crippen molar-refractivity contribution in [1.82, 2.24) is 9.55 Å². The Morgan fingerprint density at radius 1 is 1.26 bits per heavy atom. The van der Waals surface area contributed by atoms with Crippen LogP contribution in [0.15, 0.2) is 33.9 Å². The number of hydrogen-bond donors (Lipinski definition) is 1. The second-order valence-corrected chi connectivity index (χ2v) is 4.88.